The van der Waals surface area contributed by atoms with Gasteiger partial charge in [-0.25, -0.2) is 4.79 Å². The number of benzene rings is 2. The minimum Gasteiger partial charge on any atom is -0.383 e. The molecule has 0 heterocycles. The number of halogens is 1. The van der Waals surface area contributed by atoms with Gasteiger partial charge in [0.1, 0.15) is 5.75 Å². The Kier molecular flexibility index (Phi) is 6.66. The summed E-state index contributed by atoms with van der Waals surface area (Å²) in [6.07, 6.45) is 0.991. The Labute approximate surface area is 162 Å². The van der Waals surface area contributed by atoms with Crippen LogP contribution in [0.25, 0.3) is 0 Å². The third-order valence-corrected chi connectivity index (χ3v) is 4.69. The van der Waals surface area contributed by atoms with Crippen LogP contribution in [0.3, 0.4) is 0 Å². The summed E-state index contributed by atoms with van der Waals surface area (Å²) in [5, 5.41) is 2.88. The molecule has 8 heteroatoms. The summed E-state index contributed by atoms with van der Waals surface area (Å²) in [4.78, 5) is 14.3. The fourth-order valence-electron chi connectivity index (χ4n) is 2.31. The quantitative estimate of drug-likeness (QED) is 0.681. The predicted molar refractivity (Wildman–Crippen MR) is 106 cm³/mol. The lowest BCUT2D eigenvalue weighted by Gasteiger charge is -2.27. The molecule has 0 aliphatic carbocycles. The summed E-state index contributed by atoms with van der Waals surface area (Å²) in [6, 6.07) is 13.7. The van der Waals surface area contributed by atoms with Gasteiger partial charge in [-0.15, -0.1) is 0 Å². The molecule has 2 aromatic carbocycles. The van der Waals surface area contributed by atoms with Gasteiger partial charge in [-0.3, -0.25) is 0 Å². The molecule has 0 saturated heterocycles. The number of anilines is 1. The monoisotopic (exact) mass is 440 g/mol. The van der Waals surface area contributed by atoms with Gasteiger partial charge in [0.05, 0.1) is 11.9 Å². The molecule has 0 spiro atoms. The van der Waals surface area contributed by atoms with Crippen molar-refractivity contribution in [2.75, 3.05) is 11.6 Å². The van der Waals surface area contributed by atoms with Gasteiger partial charge in [0.15, 0.2) is 0 Å². The van der Waals surface area contributed by atoms with Crippen LogP contribution in [0.2, 0.25) is 0 Å². The first-order valence-corrected chi connectivity index (χ1v) is 10.6. The van der Waals surface area contributed by atoms with E-state index in [0.717, 1.165) is 16.3 Å². The highest BCUT2D eigenvalue weighted by atomic mass is 79.9. The van der Waals surface area contributed by atoms with Gasteiger partial charge < -0.3 is 14.4 Å². The predicted octanol–water partition coefficient (Wildman–Crippen LogP) is 4.23. The van der Waals surface area contributed by atoms with Crippen LogP contribution in [0.15, 0.2) is 53.0 Å². The fraction of sp³-hybridized carbons (Fsp3) is 0.278. The fourth-order valence-corrected chi connectivity index (χ4v) is 3.14. The summed E-state index contributed by atoms with van der Waals surface area (Å²) in [5.41, 5.74) is 1.44. The number of rotatable bonds is 6. The molecule has 0 aromatic heterocycles. The van der Waals surface area contributed by atoms with Crippen molar-refractivity contribution >= 4 is 37.8 Å². The molecule has 0 aliphatic rings. The SMILES string of the molecule is CC(C)N(Cc1cccc(OS(C)(=O)=O)c1)C(=O)Nc1ccccc1Br. The molecule has 2 rings (SSSR count). The van der Waals surface area contributed by atoms with Gasteiger partial charge in [0.25, 0.3) is 0 Å². The van der Waals surface area contributed by atoms with Crippen molar-refractivity contribution in [1.29, 1.82) is 0 Å². The molecule has 0 fully saturated rings. The molecule has 0 aliphatic heterocycles. The van der Waals surface area contributed by atoms with Gasteiger partial charge in [-0.2, -0.15) is 8.42 Å². The summed E-state index contributed by atoms with van der Waals surface area (Å²) < 4.78 is 28.3. The second kappa shape index (κ2) is 8.55. The van der Waals surface area contributed by atoms with Gasteiger partial charge in [0, 0.05) is 17.1 Å². The van der Waals surface area contributed by atoms with Crippen LogP contribution in [-0.2, 0) is 16.7 Å². The van der Waals surface area contributed by atoms with Crippen LogP contribution < -0.4 is 9.50 Å². The molecule has 140 valence electrons. The van der Waals surface area contributed by atoms with Crippen molar-refractivity contribution in [3.05, 3.63) is 58.6 Å². The Morgan fingerprint density at radius 3 is 2.50 bits per heavy atom. The maximum Gasteiger partial charge on any atom is 0.322 e. The number of carbonyl (C=O) groups excluding carboxylic acids is 1. The molecule has 1 N–H and O–H groups in total. The first-order valence-electron chi connectivity index (χ1n) is 7.96. The van der Waals surface area contributed by atoms with Crippen LogP contribution in [0.4, 0.5) is 10.5 Å². The van der Waals surface area contributed by atoms with Crippen molar-refractivity contribution < 1.29 is 17.4 Å². The van der Waals surface area contributed by atoms with Crippen molar-refractivity contribution in [1.82, 2.24) is 4.90 Å². The van der Waals surface area contributed by atoms with Crippen LogP contribution in [0, 0.1) is 0 Å². The van der Waals surface area contributed by atoms with E-state index in [2.05, 4.69) is 21.2 Å². The van der Waals surface area contributed by atoms with Crippen molar-refractivity contribution in [3.63, 3.8) is 0 Å². The number of hydrogen-bond donors (Lipinski definition) is 1. The number of para-hydroxylation sites is 1. The third kappa shape index (κ3) is 6.03. The average Bonchev–Trinajstić information content (AvgIpc) is 2.53. The van der Waals surface area contributed by atoms with Gasteiger partial charge in [-0.05, 0) is 59.6 Å². The largest absolute Gasteiger partial charge is 0.383 e. The lowest BCUT2D eigenvalue weighted by Crippen LogP contribution is -2.39. The average molecular weight is 441 g/mol. The van der Waals surface area contributed by atoms with E-state index >= 15 is 0 Å². The first kappa shape index (κ1) is 20.3. The van der Waals surface area contributed by atoms with Gasteiger partial charge in [0.2, 0.25) is 0 Å². The maximum atomic E-state index is 12.7. The Hall–Kier alpha value is -2.06. The second-order valence-corrected chi connectivity index (χ2v) is 8.50. The molecular formula is C18H21BrN2O4S. The molecule has 0 saturated carbocycles. The standard InChI is InChI=1S/C18H21BrN2O4S/c1-13(2)21(18(22)20-17-10-5-4-9-16(17)19)12-14-7-6-8-15(11-14)25-26(3,23)24/h4-11,13H,12H2,1-3H3,(H,20,22). The molecular weight excluding hydrogens is 420 g/mol. The number of hydrogen-bond acceptors (Lipinski definition) is 4. The zero-order valence-electron chi connectivity index (χ0n) is 14.8. The van der Waals surface area contributed by atoms with E-state index in [1.54, 1.807) is 29.2 Å². The Morgan fingerprint density at radius 1 is 1.19 bits per heavy atom. The second-order valence-electron chi connectivity index (χ2n) is 6.07. The van der Waals surface area contributed by atoms with E-state index in [4.69, 9.17) is 4.18 Å². The summed E-state index contributed by atoms with van der Waals surface area (Å²) in [7, 11) is -3.60. The minimum absolute atomic E-state index is 0.0584. The molecule has 6 nitrogen and oxygen atoms in total. The van der Waals surface area contributed by atoms with E-state index in [9.17, 15) is 13.2 Å². The molecule has 2 aromatic rings. The molecule has 0 atom stereocenters. The Bertz CT molecular complexity index is 884. The molecule has 26 heavy (non-hydrogen) atoms. The van der Waals surface area contributed by atoms with Crippen molar-refractivity contribution in [3.8, 4) is 5.75 Å². The number of amides is 2. The molecule has 0 radical (unpaired) electrons. The number of nitrogens with zero attached hydrogens (tertiary/aromatic N) is 1. The van der Waals surface area contributed by atoms with Crippen LogP contribution in [0.1, 0.15) is 19.4 Å². The Morgan fingerprint density at radius 2 is 1.88 bits per heavy atom. The van der Waals surface area contributed by atoms with E-state index in [1.807, 2.05) is 38.1 Å². The van der Waals surface area contributed by atoms with Gasteiger partial charge in [-0.1, -0.05) is 24.3 Å². The lowest BCUT2D eigenvalue weighted by atomic mass is 10.2. The van der Waals surface area contributed by atoms with Crippen LogP contribution in [-0.4, -0.2) is 31.6 Å². The first-order chi connectivity index (χ1) is 12.2. The number of carbonyl (C=O) groups is 1. The lowest BCUT2D eigenvalue weighted by molar-refractivity contribution is 0.193. The highest BCUT2D eigenvalue weighted by Crippen LogP contribution is 2.23. The highest BCUT2D eigenvalue weighted by Gasteiger charge is 2.18. The van der Waals surface area contributed by atoms with Gasteiger partial charge >= 0.3 is 16.1 Å². The number of nitrogens with one attached hydrogen (secondary N) is 1. The van der Waals surface area contributed by atoms with Crippen molar-refractivity contribution in [2.45, 2.75) is 26.4 Å². The highest BCUT2D eigenvalue weighted by molar-refractivity contribution is 9.10. The van der Waals surface area contributed by atoms with E-state index in [0.29, 0.717) is 12.2 Å². The molecule has 0 bridgehead atoms. The minimum atomic E-state index is -3.60. The van der Waals surface area contributed by atoms with Crippen LogP contribution in [0.5, 0.6) is 5.75 Å². The summed E-state index contributed by atoms with van der Waals surface area (Å²) >= 11 is 3.41. The van der Waals surface area contributed by atoms with Crippen LogP contribution >= 0.6 is 15.9 Å². The van der Waals surface area contributed by atoms with Crippen molar-refractivity contribution in [2.24, 2.45) is 0 Å². The van der Waals surface area contributed by atoms with E-state index < -0.39 is 10.1 Å². The summed E-state index contributed by atoms with van der Waals surface area (Å²) in [5.74, 6) is 0.222. The van der Waals surface area contributed by atoms with E-state index in [1.165, 1.54) is 0 Å². The maximum absolute atomic E-state index is 12.7. The Balaban J connectivity index is 2.17. The topological polar surface area (TPSA) is 75.7 Å². The zero-order chi connectivity index (χ0) is 19.3. The van der Waals surface area contributed by atoms with E-state index in [-0.39, 0.29) is 17.8 Å². The number of urea groups is 1. The smallest absolute Gasteiger partial charge is 0.322 e. The third-order valence-electron chi connectivity index (χ3n) is 3.50. The molecule has 0 unspecified atom stereocenters. The normalized spacial score (nSPS) is 11.3. The summed E-state index contributed by atoms with van der Waals surface area (Å²) in [6.45, 7) is 4.14. The zero-order valence-corrected chi connectivity index (χ0v) is 17.2. The molecule has 2 amide bonds.